The van der Waals surface area contributed by atoms with Gasteiger partial charge in [0.1, 0.15) is 0 Å². The molecule has 5 heteroatoms. The van der Waals surface area contributed by atoms with Crippen LogP contribution in [0.3, 0.4) is 0 Å². The Hall–Kier alpha value is -1.59. The number of rotatable bonds is 8. The number of carbonyl (C=O) groups is 1. The van der Waals surface area contributed by atoms with Crippen molar-refractivity contribution in [2.45, 2.75) is 58.2 Å². The summed E-state index contributed by atoms with van der Waals surface area (Å²) in [6.45, 7) is 8.89. The number of hydrogen-bond donors (Lipinski definition) is 2. The lowest BCUT2D eigenvalue weighted by molar-refractivity contribution is -0.120. The normalized spacial score (nSPS) is 17.5. The molecule has 1 aromatic rings. The number of aliphatic hydroxyl groups excluding tert-OH is 1. The first-order chi connectivity index (χ1) is 12.0. The van der Waals surface area contributed by atoms with Crippen LogP contribution in [-0.2, 0) is 4.79 Å². The number of aliphatic hydroxyl groups is 1. The number of carbonyl (C=O) groups excluding carboxylic acids is 1. The quantitative estimate of drug-likeness (QED) is 0.757. The maximum Gasteiger partial charge on any atom is 0.239 e. The van der Waals surface area contributed by atoms with Gasteiger partial charge >= 0.3 is 0 Å². The monoisotopic (exact) mass is 347 g/mol. The third-order valence-corrected chi connectivity index (χ3v) is 5.15. The molecule has 25 heavy (non-hydrogen) atoms. The third kappa shape index (κ3) is 5.72. The molecule has 1 amide bonds. The Morgan fingerprint density at radius 2 is 1.92 bits per heavy atom. The van der Waals surface area contributed by atoms with Crippen molar-refractivity contribution in [3.8, 4) is 0 Å². The van der Waals surface area contributed by atoms with E-state index in [1.54, 1.807) is 0 Å². The van der Waals surface area contributed by atoms with E-state index in [4.69, 9.17) is 0 Å². The number of nitrogens with zero attached hydrogens (tertiary/aromatic N) is 2. The number of hydrogen-bond acceptors (Lipinski definition) is 4. The molecular weight excluding hydrogens is 314 g/mol. The molecule has 0 radical (unpaired) electrons. The van der Waals surface area contributed by atoms with Gasteiger partial charge < -0.3 is 20.2 Å². The Morgan fingerprint density at radius 3 is 2.44 bits per heavy atom. The fourth-order valence-electron chi connectivity index (χ4n) is 3.49. The Bertz CT molecular complexity index is 509. The van der Waals surface area contributed by atoms with Crippen LogP contribution in [-0.4, -0.2) is 60.3 Å². The molecule has 1 aliphatic rings. The van der Waals surface area contributed by atoms with Crippen LogP contribution in [0.4, 0.5) is 5.69 Å². The second kappa shape index (κ2) is 9.78. The van der Waals surface area contributed by atoms with Crippen LogP contribution in [0.1, 0.15) is 40.0 Å². The van der Waals surface area contributed by atoms with Gasteiger partial charge in [0, 0.05) is 30.9 Å². The van der Waals surface area contributed by atoms with Crippen LogP contribution in [0.2, 0.25) is 0 Å². The van der Waals surface area contributed by atoms with Crippen LogP contribution in [0.5, 0.6) is 0 Å². The van der Waals surface area contributed by atoms with E-state index in [0.29, 0.717) is 6.04 Å². The molecule has 1 aliphatic heterocycles. The summed E-state index contributed by atoms with van der Waals surface area (Å²) in [5, 5.41) is 12.9. The Morgan fingerprint density at radius 1 is 1.28 bits per heavy atom. The number of amides is 1. The average molecular weight is 348 g/mol. The van der Waals surface area contributed by atoms with Gasteiger partial charge in [-0.3, -0.25) is 4.79 Å². The standard InChI is InChI=1S/C20H33N3O2/c1-4-18(15-24)23(19-8-6-5-7-9-19)14-20(25)21-17-10-12-22(13-11-17)16(2)3/h5-9,16-18,24H,4,10-15H2,1-3H3,(H,21,25). The lowest BCUT2D eigenvalue weighted by Gasteiger charge is -2.36. The first-order valence-electron chi connectivity index (χ1n) is 9.51. The molecule has 1 aromatic carbocycles. The van der Waals surface area contributed by atoms with E-state index in [1.807, 2.05) is 42.2 Å². The van der Waals surface area contributed by atoms with Crippen LogP contribution in [0.15, 0.2) is 30.3 Å². The van der Waals surface area contributed by atoms with Crippen molar-refractivity contribution in [2.24, 2.45) is 0 Å². The van der Waals surface area contributed by atoms with Crippen LogP contribution in [0, 0.1) is 0 Å². The summed E-state index contributed by atoms with van der Waals surface area (Å²) in [6, 6.07) is 10.7. The Balaban J connectivity index is 1.93. The lowest BCUT2D eigenvalue weighted by atomic mass is 10.0. The van der Waals surface area contributed by atoms with Crippen LogP contribution in [0.25, 0.3) is 0 Å². The lowest BCUT2D eigenvalue weighted by Crippen LogP contribution is -2.50. The topological polar surface area (TPSA) is 55.8 Å². The van der Waals surface area contributed by atoms with Gasteiger partial charge in [-0.15, -0.1) is 0 Å². The highest BCUT2D eigenvalue weighted by Gasteiger charge is 2.24. The minimum absolute atomic E-state index is 0.0405. The van der Waals surface area contributed by atoms with Crippen molar-refractivity contribution in [2.75, 3.05) is 31.1 Å². The average Bonchev–Trinajstić information content (AvgIpc) is 2.63. The van der Waals surface area contributed by atoms with Crippen molar-refractivity contribution in [3.05, 3.63) is 30.3 Å². The van der Waals surface area contributed by atoms with Gasteiger partial charge in [-0.05, 0) is 45.2 Å². The molecule has 0 aromatic heterocycles. The number of anilines is 1. The Labute approximate surface area is 152 Å². The highest BCUT2D eigenvalue weighted by Crippen LogP contribution is 2.18. The highest BCUT2D eigenvalue weighted by atomic mass is 16.3. The number of para-hydroxylation sites is 1. The maximum atomic E-state index is 12.6. The van der Waals surface area contributed by atoms with Crippen molar-refractivity contribution in [3.63, 3.8) is 0 Å². The SMILES string of the molecule is CCC(CO)N(CC(=O)NC1CCN(C(C)C)CC1)c1ccccc1. The molecule has 1 atom stereocenters. The number of benzene rings is 1. The zero-order valence-corrected chi connectivity index (χ0v) is 15.8. The molecule has 0 saturated carbocycles. The molecule has 1 unspecified atom stereocenters. The highest BCUT2D eigenvalue weighted by molar-refractivity contribution is 5.81. The summed E-state index contributed by atoms with van der Waals surface area (Å²) in [5.41, 5.74) is 0.980. The van der Waals surface area contributed by atoms with Gasteiger partial charge in [-0.25, -0.2) is 0 Å². The fraction of sp³-hybridized carbons (Fsp3) is 0.650. The van der Waals surface area contributed by atoms with E-state index in [9.17, 15) is 9.90 Å². The molecule has 5 nitrogen and oxygen atoms in total. The minimum atomic E-state index is -0.0454. The van der Waals surface area contributed by atoms with Crippen molar-refractivity contribution < 1.29 is 9.90 Å². The molecule has 0 aliphatic carbocycles. The second-order valence-electron chi connectivity index (χ2n) is 7.18. The largest absolute Gasteiger partial charge is 0.394 e. The van der Waals surface area contributed by atoms with Crippen LogP contribution >= 0.6 is 0 Å². The van der Waals surface area contributed by atoms with Crippen molar-refractivity contribution >= 4 is 11.6 Å². The summed E-state index contributed by atoms with van der Waals surface area (Å²) >= 11 is 0. The number of nitrogens with one attached hydrogen (secondary N) is 1. The molecule has 0 bridgehead atoms. The van der Waals surface area contributed by atoms with E-state index < -0.39 is 0 Å². The van der Waals surface area contributed by atoms with E-state index >= 15 is 0 Å². The van der Waals surface area contributed by atoms with Crippen molar-refractivity contribution in [1.82, 2.24) is 10.2 Å². The smallest absolute Gasteiger partial charge is 0.239 e. The predicted molar refractivity (Wildman–Crippen MR) is 103 cm³/mol. The molecule has 1 heterocycles. The van der Waals surface area contributed by atoms with E-state index in [2.05, 4.69) is 24.1 Å². The third-order valence-electron chi connectivity index (χ3n) is 5.15. The molecule has 1 saturated heterocycles. The molecule has 0 spiro atoms. The van der Waals surface area contributed by atoms with Gasteiger partial charge in [0.05, 0.1) is 19.2 Å². The number of likely N-dealkylation sites (tertiary alicyclic amines) is 1. The summed E-state index contributed by atoms with van der Waals surface area (Å²) < 4.78 is 0. The number of piperidine rings is 1. The molecule has 2 rings (SSSR count). The van der Waals surface area contributed by atoms with Gasteiger partial charge in [-0.2, -0.15) is 0 Å². The summed E-state index contributed by atoms with van der Waals surface area (Å²) in [6.07, 6.45) is 2.81. The zero-order chi connectivity index (χ0) is 18.2. The Kier molecular flexibility index (Phi) is 7.72. The van der Waals surface area contributed by atoms with E-state index in [1.165, 1.54) is 0 Å². The molecule has 140 valence electrons. The summed E-state index contributed by atoms with van der Waals surface area (Å²) in [7, 11) is 0. The van der Waals surface area contributed by atoms with Crippen molar-refractivity contribution in [1.29, 1.82) is 0 Å². The first kappa shape index (κ1) is 19.7. The summed E-state index contributed by atoms with van der Waals surface area (Å²) in [5.74, 6) is 0.0405. The minimum Gasteiger partial charge on any atom is -0.394 e. The van der Waals surface area contributed by atoms with E-state index in [0.717, 1.165) is 38.0 Å². The van der Waals surface area contributed by atoms with Crippen LogP contribution < -0.4 is 10.2 Å². The first-order valence-corrected chi connectivity index (χ1v) is 9.51. The second-order valence-corrected chi connectivity index (χ2v) is 7.18. The van der Waals surface area contributed by atoms with E-state index in [-0.39, 0.29) is 31.1 Å². The van der Waals surface area contributed by atoms with Gasteiger partial charge in [0.25, 0.3) is 0 Å². The van der Waals surface area contributed by atoms with Gasteiger partial charge in [0.15, 0.2) is 0 Å². The zero-order valence-electron chi connectivity index (χ0n) is 15.8. The maximum absolute atomic E-state index is 12.6. The predicted octanol–water partition coefficient (Wildman–Crippen LogP) is 2.25. The summed E-state index contributed by atoms with van der Waals surface area (Å²) in [4.78, 5) is 17.1. The fourth-order valence-corrected chi connectivity index (χ4v) is 3.49. The molecular formula is C20H33N3O2. The van der Waals surface area contributed by atoms with Gasteiger partial charge in [-0.1, -0.05) is 25.1 Å². The van der Waals surface area contributed by atoms with Gasteiger partial charge in [0.2, 0.25) is 5.91 Å². The molecule has 1 fully saturated rings. The molecule has 2 N–H and O–H groups in total.